The maximum absolute atomic E-state index is 6.14. The average Bonchev–Trinajstić information content (AvgIpc) is 2.99. The Labute approximate surface area is 119 Å². The van der Waals surface area contributed by atoms with Crippen molar-refractivity contribution in [3.8, 4) is 22.6 Å². The summed E-state index contributed by atoms with van der Waals surface area (Å²) < 4.78 is 8.10. The molecule has 0 aliphatic heterocycles. The van der Waals surface area contributed by atoms with Gasteiger partial charge in [-0.3, -0.25) is 4.68 Å². The topological polar surface area (TPSA) is 57.0 Å². The maximum atomic E-state index is 6.14. The molecule has 0 radical (unpaired) electrons. The van der Waals surface area contributed by atoms with Gasteiger partial charge >= 0.3 is 0 Å². The fourth-order valence-electron chi connectivity index (χ4n) is 2.05. The molecule has 0 saturated carbocycles. The zero-order valence-corrected chi connectivity index (χ0v) is 11.9. The number of hydrogen-bond acceptors (Lipinski definition) is 3. The van der Waals surface area contributed by atoms with Gasteiger partial charge in [-0.1, -0.05) is 28.1 Å². The molecule has 4 nitrogen and oxygen atoms in total. The van der Waals surface area contributed by atoms with E-state index in [9.17, 15) is 0 Å². The van der Waals surface area contributed by atoms with Gasteiger partial charge in [0.15, 0.2) is 5.76 Å². The summed E-state index contributed by atoms with van der Waals surface area (Å²) in [5.41, 5.74) is 8.78. The van der Waals surface area contributed by atoms with Crippen LogP contribution in [0.2, 0.25) is 0 Å². The normalized spacial score (nSPS) is 10.8. The second-order valence-corrected chi connectivity index (χ2v) is 5.14. The minimum atomic E-state index is 0.615. The Morgan fingerprint density at radius 2 is 2.11 bits per heavy atom. The lowest BCUT2D eigenvalue weighted by Gasteiger charge is -2.03. The molecule has 1 aromatic carbocycles. The molecule has 0 spiro atoms. The number of furan rings is 1. The Kier molecular flexibility index (Phi) is 2.91. The van der Waals surface area contributed by atoms with E-state index in [1.54, 1.807) is 10.9 Å². The molecule has 0 atom stereocenters. The predicted octanol–water partition coefficient (Wildman–Crippen LogP) is 3.69. The summed E-state index contributed by atoms with van der Waals surface area (Å²) in [6, 6.07) is 11.7. The van der Waals surface area contributed by atoms with Crippen molar-refractivity contribution in [3.63, 3.8) is 0 Å². The highest BCUT2D eigenvalue weighted by molar-refractivity contribution is 9.10. The third-order valence-corrected chi connectivity index (χ3v) is 3.45. The van der Waals surface area contributed by atoms with Crippen LogP contribution in [0.1, 0.15) is 0 Å². The number of rotatable bonds is 2. The van der Waals surface area contributed by atoms with Gasteiger partial charge in [0, 0.05) is 11.5 Å². The number of nitrogens with two attached hydrogens (primary N) is 1. The number of nitrogen functional groups attached to an aromatic ring is 1. The second-order valence-electron chi connectivity index (χ2n) is 4.22. The fraction of sp³-hybridized carbons (Fsp3) is 0.0714. The number of aryl methyl sites for hydroxylation is 1. The lowest BCUT2D eigenvalue weighted by Crippen LogP contribution is -1.97. The summed E-state index contributed by atoms with van der Waals surface area (Å²) in [7, 11) is 1.82. The van der Waals surface area contributed by atoms with Crippen LogP contribution >= 0.6 is 15.9 Å². The highest BCUT2D eigenvalue weighted by Crippen LogP contribution is 2.36. The Morgan fingerprint density at radius 3 is 2.79 bits per heavy atom. The highest BCUT2D eigenvalue weighted by Gasteiger charge is 2.19. The summed E-state index contributed by atoms with van der Waals surface area (Å²) in [6.07, 6.45) is 1.63. The van der Waals surface area contributed by atoms with Gasteiger partial charge in [-0.05, 0) is 29.8 Å². The Hall–Kier alpha value is -2.01. The van der Waals surface area contributed by atoms with Gasteiger partial charge < -0.3 is 10.2 Å². The standard InChI is InChI=1S/C14H12BrN3O/c1-18-14(16)12(9-4-2-5-10(15)8-9)13(17-18)11-6-3-7-19-11/h2-8H,16H2,1H3. The first-order chi connectivity index (χ1) is 9.16. The van der Waals surface area contributed by atoms with Gasteiger partial charge in [0.25, 0.3) is 0 Å². The molecule has 0 fully saturated rings. The molecular weight excluding hydrogens is 306 g/mol. The van der Waals surface area contributed by atoms with E-state index in [1.807, 2.05) is 43.4 Å². The second kappa shape index (κ2) is 4.59. The Morgan fingerprint density at radius 1 is 1.26 bits per heavy atom. The van der Waals surface area contributed by atoms with Crippen molar-refractivity contribution < 1.29 is 4.42 Å². The van der Waals surface area contributed by atoms with Crippen LogP contribution in [-0.4, -0.2) is 9.78 Å². The van der Waals surface area contributed by atoms with Crippen molar-refractivity contribution in [2.24, 2.45) is 7.05 Å². The van der Waals surface area contributed by atoms with Crippen LogP contribution in [0.25, 0.3) is 22.6 Å². The van der Waals surface area contributed by atoms with E-state index in [1.165, 1.54) is 0 Å². The van der Waals surface area contributed by atoms with Gasteiger partial charge in [0.2, 0.25) is 0 Å². The van der Waals surface area contributed by atoms with Crippen LogP contribution in [0.3, 0.4) is 0 Å². The highest BCUT2D eigenvalue weighted by atomic mass is 79.9. The molecule has 19 heavy (non-hydrogen) atoms. The average molecular weight is 318 g/mol. The number of halogens is 1. The van der Waals surface area contributed by atoms with Gasteiger partial charge in [0.05, 0.1) is 11.8 Å². The quantitative estimate of drug-likeness (QED) is 0.784. The largest absolute Gasteiger partial charge is 0.463 e. The fourth-order valence-corrected chi connectivity index (χ4v) is 2.45. The van der Waals surface area contributed by atoms with Crippen LogP contribution in [-0.2, 0) is 7.05 Å². The molecule has 3 aromatic rings. The Balaban J connectivity index is 2.26. The monoisotopic (exact) mass is 317 g/mol. The molecule has 0 unspecified atom stereocenters. The third-order valence-electron chi connectivity index (χ3n) is 2.96. The van der Waals surface area contributed by atoms with Crippen LogP contribution < -0.4 is 5.73 Å². The van der Waals surface area contributed by atoms with E-state index in [2.05, 4.69) is 21.0 Å². The minimum Gasteiger partial charge on any atom is -0.463 e. The van der Waals surface area contributed by atoms with Crippen molar-refractivity contribution in [1.29, 1.82) is 0 Å². The molecule has 2 N–H and O–H groups in total. The summed E-state index contributed by atoms with van der Waals surface area (Å²) in [4.78, 5) is 0. The molecule has 0 saturated heterocycles. The molecule has 0 amide bonds. The number of benzene rings is 1. The molecule has 0 aliphatic rings. The summed E-state index contributed by atoms with van der Waals surface area (Å²) in [5.74, 6) is 1.33. The van der Waals surface area contributed by atoms with E-state index < -0.39 is 0 Å². The molecule has 0 aliphatic carbocycles. The maximum Gasteiger partial charge on any atom is 0.154 e. The van der Waals surface area contributed by atoms with Crippen LogP contribution in [0.15, 0.2) is 51.6 Å². The van der Waals surface area contributed by atoms with Crippen molar-refractivity contribution in [1.82, 2.24) is 9.78 Å². The van der Waals surface area contributed by atoms with Crippen molar-refractivity contribution >= 4 is 21.7 Å². The van der Waals surface area contributed by atoms with Gasteiger partial charge in [-0.25, -0.2) is 0 Å². The van der Waals surface area contributed by atoms with Crippen LogP contribution in [0.5, 0.6) is 0 Å². The third kappa shape index (κ3) is 2.06. The predicted molar refractivity (Wildman–Crippen MR) is 78.5 cm³/mol. The van der Waals surface area contributed by atoms with Crippen molar-refractivity contribution in [2.75, 3.05) is 5.73 Å². The summed E-state index contributed by atoms with van der Waals surface area (Å²) in [6.45, 7) is 0. The zero-order chi connectivity index (χ0) is 13.4. The molecule has 3 rings (SSSR count). The SMILES string of the molecule is Cn1nc(-c2ccco2)c(-c2cccc(Br)c2)c1N. The molecular formula is C14H12BrN3O. The van der Waals surface area contributed by atoms with E-state index in [0.717, 1.165) is 21.3 Å². The zero-order valence-electron chi connectivity index (χ0n) is 10.3. The van der Waals surface area contributed by atoms with Gasteiger partial charge in [-0.15, -0.1) is 0 Å². The van der Waals surface area contributed by atoms with Gasteiger partial charge in [0.1, 0.15) is 11.5 Å². The number of aromatic nitrogens is 2. The summed E-state index contributed by atoms with van der Waals surface area (Å²) in [5, 5.41) is 4.44. The number of anilines is 1. The molecule has 5 heteroatoms. The number of hydrogen-bond donors (Lipinski definition) is 1. The minimum absolute atomic E-state index is 0.615. The van der Waals surface area contributed by atoms with Crippen molar-refractivity contribution in [3.05, 3.63) is 47.1 Å². The van der Waals surface area contributed by atoms with Crippen molar-refractivity contribution in [2.45, 2.75) is 0 Å². The van der Waals surface area contributed by atoms with E-state index in [0.29, 0.717) is 11.6 Å². The molecule has 0 bridgehead atoms. The molecule has 2 aromatic heterocycles. The van der Waals surface area contributed by atoms with Crippen LogP contribution in [0.4, 0.5) is 5.82 Å². The van der Waals surface area contributed by atoms with E-state index in [4.69, 9.17) is 10.2 Å². The first kappa shape index (κ1) is 12.0. The Bertz CT molecular complexity index is 716. The number of nitrogens with zero attached hydrogens (tertiary/aromatic N) is 2. The van der Waals surface area contributed by atoms with E-state index in [-0.39, 0.29) is 0 Å². The van der Waals surface area contributed by atoms with Gasteiger partial charge in [-0.2, -0.15) is 5.10 Å². The molecule has 96 valence electrons. The molecule has 2 heterocycles. The first-order valence-corrected chi connectivity index (χ1v) is 6.58. The smallest absolute Gasteiger partial charge is 0.154 e. The van der Waals surface area contributed by atoms with E-state index >= 15 is 0 Å². The first-order valence-electron chi connectivity index (χ1n) is 5.79. The lowest BCUT2D eigenvalue weighted by atomic mass is 10.0. The van der Waals surface area contributed by atoms with Crippen LogP contribution in [0, 0.1) is 0 Å². The lowest BCUT2D eigenvalue weighted by molar-refractivity contribution is 0.578. The summed E-state index contributed by atoms with van der Waals surface area (Å²) >= 11 is 3.47.